The highest BCUT2D eigenvalue weighted by molar-refractivity contribution is 8.15. The molecule has 1 amide bonds. The molecule has 1 aromatic rings. The molecule has 1 aliphatic rings. The van der Waals surface area contributed by atoms with Crippen LogP contribution in [0.25, 0.3) is 0 Å². The van der Waals surface area contributed by atoms with E-state index in [0.29, 0.717) is 5.75 Å². The van der Waals surface area contributed by atoms with Crippen LogP contribution in [-0.2, 0) is 11.2 Å². The van der Waals surface area contributed by atoms with Crippen LogP contribution >= 0.6 is 11.8 Å². The SMILES string of the molecule is CN(C)c1ccc(CC2=NC(=O)CS2)cc1. The van der Waals surface area contributed by atoms with Gasteiger partial charge in [-0.25, -0.2) is 4.99 Å². The summed E-state index contributed by atoms with van der Waals surface area (Å²) in [6.07, 6.45) is 0.768. The van der Waals surface area contributed by atoms with E-state index in [4.69, 9.17) is 0 Å². The van der Waals surface area contributed by atoms with Gasteiger partial charge in [0.15, 0.2) is 0 Å². The van der Waals surface area contributed by atoms with Crippen molar-refractivity contribution < 1.29 is 4.79 Å². The summed E-state index contributed by atoms with van der Waals surface area (Å²) in [7, 11) is 4.04. The van der Waals surface area contributed by atoms with E-state index in [1.165, 1.54) is 11.3 Å². The van der Waals surface area contributed by atoms with E-state index < -0.39 is 0 Å². The molecule has 1 aliphatic heterocycles. The van der Waals surface area contributed by atoms with Gasteiger partial charge in [-0.1, -0.05) is 12.1 Å². The predicted octanol–water partition coefficient (Wildman–Crippen LogP) is 1.97. The van der Waals surface area contributed by atoms with Crippen LogP contribution in [0.15, 0.2) is 29.3 Å². The quantitative estimate of drug-likeness (QED) is 0.801. The summed E-state index contributed by atoms with van der Waals surface area (Å²) in [5, 5.41) is 0.933. The molecule has 1 heterocycles. The van der Waals surface area contributed by atoms with Crippen LogP contribution in [0.1, 0.15) is 5.56 Å². The smallest absolute Gasteiger partial charge is 0.256 e. The maximum atomic E-state index is 11.0. The monoisotopic (exact) mass is 234 g/mol. The van der Waals surface area contributed by atoms with Gasteiger partial charge < -0.3 is 4.90 Å². The first-order valence-electron chi connectivity index (χ1n) is 5.14. The Balaban J connectivity index is 2.05. The zero-order chi connectivity index (χ0) is 11.5. The predicted molar refractivity (Wildman–Crippen MR) is 69.4 cm³/mol. The van der Waals surface area contributed by atoms with Crippen molar-refractivity contribution in [2.45, 2.75) is 6.42 Å². The number of benzene rings is 1. The molecule has 0 aliphatic carbocycles. The van der Waals surface area contributed by atoms with Crippen molar-refractivity contribution in [2.24, 2.45) is 4.99 Å². The highest BCUT2D eigenvalue weighted by atomic mass is 32.2. The molecule has 3 nitrogen and oxygen atoms in total. The van der Waals surface area contributed by atoms with Crippen LogP contribution in [0, 0.1) is 0 Å². The van der Waals surface area contributed by atoms with Crippen molar-refractivity contribution in [3.63, 3.8) is 0 Å². The lowest BCUT2D eigenvalue weighted by molar-refractivity contribution is -0.115. The van der Waals surface area contributed by atoms with E-state index in [2.05, 4.69) is 34.2 Å². The van der Waals surface area contributed by atoms with E-state index in [9.17, 15) is 4.79 Å². The molecule has 1 aromatic carbocycles. The summed E-state index contributed by atoms with van der Waals surface area (Å²) >= 11 is 1.55. The third-order valence-corrected chi connectivity index (χ3v) is 3.38. The molecular weight excluding hydrogens is 220 g/mol. The van der Waals surface area contributed by atoms with Gasteiger partial charge in [-0.3, -0.25) is 4.79 Å². The summed E-state index contributed by atoms with van der Waals surface area (Å²) in [5.41, 5.74) is 2.38. The molecule has 4 heteroatoms. The standard InChI is InChI=1S/C12H14N2OS/c1-14(2)10-5-3-9(4-6-10)7-12-13-11(15)8-16-12/h3-6H,7-8H2,1-2H3. The van der Waals surface area contributed by atoms with Gasteiger partial charge >= 0.3 is 0 Å². The van der Waals surface area contributed by atoms with Crippen LogP contribution < -0.4 is 4.90 Å². The van der Waals surface area contributed by atoms with E-state index in [1.807, 2.05) is 14.1 Å². The molecule has 0 saturated carbocycles. The summed E-state index contributed by atoms with van der Waals surface area (Å²) in [4.78, 5) is 17.0. The minimum Gasteiger partial charge on any atom is -0.378 e. The fraction of sp³-hybridized carbons (Fsp3) is 0.333. The van der Waals surface area contributed by atoms with Crippen molar-refractivity contribution in [1.29, 1.82) is 0 Å². The van der Waals surface area contributed by atoms with E-state index in [1.54, 1.807) is 11.8 Å². The average Bonchev–Trinajstić information content (AvgIpc) is 2.65. The minimum atomic E-state index is -0.00934. The van der Waals surface area contributed by atoms with Crippen LogP contribution in [0.2, 0.25) is 0 Å². The zero-order valence-corrected chi connectivity index (χ0v) is 10.3. The number of hydrogen-bond donors (Lipinski definition) is 0. The molecule has 0 saturated heterocycles. The fourth-order valence-corrected chi connectivity index (χ4v) is 2.32. The molecule has 0 spiro atoms. The lowest BCUT2D eigenvalue weighted by Crippen LogP contribution is -2.08. The minimum absolute atomic E-state index is 0.00934. The van der Waals surface area contributed by atoms with Gasteiger partial charge in [-0.15, -0.1) is 11.8 Å². The van der Waals surface area contributed by atoms with Crippen molar-refractivity contribution >= 4 is 28.4 Å². The average molecular weight is 234 g/mol. The third-order valence-electron chi connectivity index (χ3n) is 2.42. The second kappa shape index (κ2) is 4.70. The Hall–Kier alpha value is -1.29. The first kappa shape index (κ1) is 11.2. The highest BCUT2D eigenvalue weighted by Crippen LogP contribution is 2.19. The lowest BCUT2D eigenvalue weighted by atomic mass is 10.1. The molecule has 0 fully saturated rings. The topological polar surface area (TPSA) is 32.7 Å². The van der Waals surface area contributed by atoms with Crippen LogP contribution in [0.3, 0.4) is 0 Å². The number of aliphatic imine (C=N–C) groups is 1. The Morgan fingerprint density at radius 1 is 1.31 bits per heavy atom. The maximum absolute atomic E-state index is 11.0. The van der Waals surface area contributed by atoms with Gasteiger partial charge in [0.1, 0.15) is 0 Å². The Labute approximate surface area is 99.6 Å². The summed E-state index contributed by atoms with van der Waals surface area (Å²) in [6, 6.07) is 8.33. The van der Waals surface area contributed by atoms with Crippen molar-refractivity contribution in [3.8, 4) is 0 Å². The Morgan fingerprint density at radius 2 is 2.00 bits per heavy atom. The molecule has 84 valence electrons. The lowest BCUT2D eigenvalue weighted by Gasteiger charge is -2.12. The second-order valence-electron chi connectivity index (χ2n) is 3.93. The number of thioether (sulfide) groups is 1. The van der Waals surface area contributed by atoms with Gasteiger partial charge in [0.05, 0.1) is 10.8 Å². The number of amides is 1. The summed E-state index contributed by atoms with van der Waals surface area (Å²) in [6.45, 7) is 0. The first-order chi connectivity index (χ1) is 7.65. The number of anilines is 1. The number of carbonyl (C=O) groups excluding carboxylic acids is 1. The third kappa shape index (κ3) is 2.64. The summed E-state index contributed by atoms with van der Waals surface area (Å²) < 4.78 is 0. The number of nitrogens with zero attached hydrogens (tertiary/aromatic N) is 2. The largest absolute Gasteiger partial charge is 0.378 e. The highest BCUT2D eigenvalue weighted by Gasteiger charge is 2.14. The maximum Gasteiger partial charge on any atom is 0.256 e. The van der Waals surface area contributed by atoms with Crippen LogP contribution in [0.5, 0.6) is 0 Å². The molecule has 0 unspecified atom stereocenters. The van der Waals surface area contributed by atoms with Crippen LogP contribution in [0.4, 0.5) is 5.69 Å². The van der Waals surface area contributed by atoms with Crippen LogP contribution in [-0.4, -0.2) is 30.8 Å². The molecule has 2 rings (SSSR count). The molecule has 0 aromatic heterocycles. The normalized spacial score (nSPS) is 15.1. The van der Waals surface area contributed by atoms with Crippen molar-refractivity contribution in [1.82, 2.24) is 0 Å². The molecule has 0 N–H and O–H groups in total. The second-order valence-corrected chi connectivity index (χ2v) is 4.97. The van der Waals surface area contributed by atoms with Gasteiger partial charge in [-0.05, 0) is 17.7 Å². The molecule has 0 atom stereocenters. The van der Waals surface area contributed by atoms with Gasteiger partial charge in [0.25, 0.3) is 5.91 Å². The molecule has 16 heavy (non-hydrogen) atoms. The number of rotatable bonds is 3. The fourth-order valence-electron chi connectivity index (χ4n) is 1.53. The van der Waals surface area contributed by atoms with Gasteiger partial charge in [0.2, 0.25) is 0 Å². The Kier molecular flexibility index (Phi) is 3.29. The zero-order valence-electron chi connectivity index (χ0n) is 9.43. The number of hydrogen-bond acceptors (Lipinski definition) is 3. The van der Waals surface area contributed by atoms with E-state index in [-0.39, 0.29) is 5.91 Å². The van der Waals surface area contributed by atoms with Crippen molar-refractivity contribution in [3.05, 3.63) is 29.8 Å². The van der Waals surface area contributed by atoms with Crippen molar-refractivity contribution in [2.75, 3.05) is 24.7 Å². The molecule has 0 radical (unpaired) electrons. The first-order valence-corrected chi connectivity index (χ1v) is 6.13. The summed E-state index contributed by atoms with van der Waals surface area (Å²) in [5.74, 6) is 0.496. The Morgan fingerprint density at radius 3 is 2.50 bits per heavy atom. The van der Waals surface area contributed by atoms with E-state index in [0.717, 1.165) is 11.5 Å². The molecular formula is C12H14N2OS. The Bertz CT molecular complexity index is 423. The van der Waals surface area contributed by atoms with Gasteiger partial charge in [0, 0.05) is 26.2 Å². The number of carbonyl (C=O) groups is 1. The molecule has 0 bridgehead atoms. The van der Waals surface area contributed by atoms with E-state index >= 15 is 0 Å². The van der Waals surface area contributed by atoms with Gasteiger partial charge in [-0.2, -0.15) is 0 Å².